The number of nitrogens with zero attached hydrogens (tertiary/aromatic N) is 2. The Bertz CT molecular complexity index is 173. The standard InChI is InChI=1S/C4H5IN4/c5-4-8-2(6)1-3(7)9-4/h1H,(H4,6,7,8,9). The number of aromatic nitrogens is 2. The van der Waals surface area contributed by atoms with Crippen molar-refractivity contribution in [2.75, 3.05) is 11.5 Å². The Morgan fingerprint density at radius 2 is 1.67 bits per heavy atom. The molecule has 0 amide bonds. The zero-order valence-electron chi connectivity index (χ0n) is 4.50. The fourth-order valence-corrected chi connectivity index (χ4v) is 1.01. The van der Waals surface area contributed by atoms with Crippen molar-refractivity contribution in [2.24, 2.45) is 0 Å². The van der Waals surface area contributed by atoms with E-state index in [2.05, 4.69) is 9.97 Å². The van der Waals surface area contributed by atoms with Gasteiger partial charge in [-0.05, 0) is 0 Å². The van der Waals surface area contributed by atoms with Gasteiger partial charge in [0.25, 0.3) is 0 Å². The minimum atomic E-state index is 0.409. The van der Waals surface area contributed by atoms with Crippen molar-refractivity contribution in [3.05, 3.63) is 9.90 Å². The molecule has 0 aromatic carbocycles. The van der Waals surface area contributed by atoms with Gasteiger partial charge in [-0.25, -0.2) is 9.97 Å². The molecule has 0 unspecified atom stereocenters. The van der Waals surface area contributed by atoms with Crippen LogP contribution < -0.4 is 11.5 Å². The van der Waals surface area contributed by atoms with Crippen LogP contribution in [0.1, 0.15) is 0 Å². The van der Waals surface area contributed by atoms with Gasteiger partial charge >= 0.3 is 0 Å². The van der Waals surface area contributed by atoms with Crippen molar-refractivity contribution in [1.82, 2.24) is 9.97 Å². The Kier molecular flexibility index (Phi) is 1.70. The molecule has 4 nitrogen and oxygen atoms in total. The molecule has 0 saturated carbocycles. The molecule has 5 heteroatoms. The number of hydrogen-bond acceptors (Lipinski definition) is 4. The maximum atomic E-state index is 5.32. The maximum Gasteiger partial charge on any atom is 0.194 e. The van der Waals surface area contributed by atoms with Crippen LogP contribution in [0.15, 0.2) is 6.07 Å². The highest BCUT2D eigenvalue weighted by Crippen LogP contribution is 2.04. The molecule has 1 aromatic rings. The summed E-state index contributed by atoms with van der Waals surface area (Å²) in [6, 6.07) is 1.52. The smallest absolute Gasteiger partial charge is 0.194 e. The third-order valence-electron chi connectivity index (χ3n) is 0.738. The fraction of sp³-hybridized carbons (Fsp3) is 0. The summed E-state index contributed by atoms with van der Waals surface area (Å²) < 4.78 is 0.574. The van der Waals surface area contributed by atoms with Crippen molar-refractivity contribution in [3.8, 4) is 0 Å². The normalized spacial score (nSPS) is 9.44. The number of nitrogens with two attached hydrogens (primary N) is 2. The SMILES string of the molecule is Nc1cc(N)nc(I)n1. The van der Waals surface area contributed by atoms with E-state index in [0.717, 1.165) is 0 Å². The fourth-order valence-electron chi connectivity index (χ4n) is 0.454. The molecule has 1 aromatic heterocycles. The van der Waals surface area contributed by atoms with Crippen LogP contribution >= 0.6 is 22.6 Å². The first-order chi connectivity index (χ1) is 4.18. The molecular formula is C4H5IN4. The van der Waals surface area contributed by atoms with Crippen LogP contribution in [0.4, 0.5) is 11.6 Å². The van der Waals surface area contributed by atoms with Crippen molar-refractivity contribution >= 4 is 34.2 Å². The molecule has 0 spiro atoms. The quantitative estimate of drug-likeness (QED) is 0.499. The van der Waals surface area contributed by atoms with Gasteiger partial charge in [0, 0.05) is 28.7 Å². The predicted molar refractivity (Wildman–Crippen MR) is 43.6 cm³/mol. The summed E-state index contributed by atoms with van der Waals surface area (Å²) in [7, 11) is 0. The molecule has 0 fully saturated rings. The van der Waals surface area contributed by atoms with E-state index < -0.39 is 0 Å². The lowest BCUT2D eigenvalue weighted by Gasteiger charge is -1.93. The highest BCUT2D eigenvalue weighted by Gasteiger charge is 1.93. The third-order valence-corrected chi connectivity index (χ3v) is 1.22. The van der Waals surface area contributed by atoms with Crippen LogP contribution in [0.2, 0.25) is 0 Å². The van der Waals surface area contributed by atoms with E-state index in [-0.39, 0.29) is 0 Å². The lowest BCUT2D eigenvalue weighted by molar-refractivity contribution is 1.12. The minimum absolute atomic E-state index is 0.409. The second kappa shape index (κ2) is 2.34. The van der Waals surface area contributed by atoms with Gasteiger partial charge in [-0.2, -0.15) is 0 Å². The van der Waals surface area contributed by atoms with Gasteiger partial charge in [-0.15, -0.1) is 0 Å². The van der Waals surface area contributed by atoms with E-state index in [9.17, 15) is 0 Å². The van der Waals surface area contributed by atoms with Crippen molar-refractivity contribution in [1.29, 1.82) is 0 Å². The third kappa shape index (κ3) is 1.67. The van der Waals surface area contributed by atoms with E-state index in [1.165, 1.54) is 6.07 Å². The van der Waals surface area contributed by atoms with Gasteiger partial charge in [0.05, 0.1) is 0 Å². The summed E-state index contributed by atoms with van der Waals surface area (Å²) in [6.07, 6.45) is 0. The monoisotopic (exact) mass is 236 g/mol. The van der Waals surface area contributed by atoms with Crippen LogP contribution in [-0.4, -0.2) is 9.97 Å². The molecule has 1 heterocycles. The molecule has 9 heavy (non-hydrogen) atoms. The van der Waals surface area contributed by atoms with Crippen molar-refractivity contribution in [2.45, 2.75) is 0 Å². The number of halogens is 1. The molecule has 0 aliphatic heterocycles. The molecule has 0 saturated heterocycles. The van der Waals surface area contributed by atoms with Crippen LogP contribution in [0, 0.1) is 3.83 Å². The Labute approximate surface area is 65.8 Å². The largest absolute Gasteiger partial charge is 0.384 e. The first-order valence-corrected chi connectivity index (χ1v) is 3.32. The Balaban J connectivity index is 3.17. The molecule has 48 valence electrons. The van der Waals surface area contributed by atoms with Gasteiger partial charge in [0.15, 0.2) is 3.83 Å². The summed E-state index contributed by atoms with van der Waals surface area (Å²) in [5, 5.41) is 0. The van der Waals surface area contributed by atoms with E-state index in [0.29, 0.717) is 15.5 Å². The lowest BCUT2D eigenvalue weighted by atomic mass is 10.5. The predicted octanol–water partition coefficient (Wildman–Crippen LogP) is 0.246. The van der Waals surface area contributed by atoms with Crippen LogP contribution in [0.3, 0.4) is 0 Å². The molecule has 0 aliphatic rings. The Morgan fingerprint density at radius 1 is 1.22 bits per heavy atom. The highest BCUT2D eigenvalue weighted by atomic mass is 127. The first kappa shape index (κ1) is 6.53. The van der Waals surface area contributed by atoms with Crippen LogP contribution in [0.25, 0.3) is 0 Å². The number of anilines is 2. The van der Waals surface area contributed by atoms with E-state index in [1.807, 2.05) is 22.6 Å². The van der Waals surface area contributed by atoms with Gasteiger partial charge in [0.2, 0.25) is 0 Å². The molecule has 1 rings (SSSR count). The lowest BCUT2D eigenvalue weighted by Crippen LogP contribution is -1.99. The highest BCUT2D eigenvalue weighted by molar-refractivity contribution is 14.1. The average Bonchev–Trinajstić information content (AvgIpc) is 1.59. The topological polar surface area (TPSA) is 77.8 Å². The molecule has 0 bridgehead atoms. The zero-order valence-corrected chi connectivity index (χ0v) is 6.66. The second-order valence-corrected chi connectivity index (χ2v) is 2.45. The number of nitrogen functional groups attached to an aromatic ring is 2. The van der Waals surface area contributed by atoms with Gasteiger partial charge in [0.1, 0.15) is 11.6 Å². The van der Waals surface area contributed by atoms with Gasteiger partial charge in [-0.3, -0.25) is 0 Å². The Morgan fingerprint density at radius 3 is 2.00 bits per heavy atom. The van der Waals surface area contributed by atoms with Crippen molar-refractivity contribution in [3.63, 3.8) is 0 Å². The Hall–Kier alpha value is -0.590. The van der Waals surface area contributed by atoms with E-state index >= 15 is 0 Å². The molecule has 0 aliphatic carbocycles. The molecule has 0 atom stereocenters. The second-order valence-electron chi connectivity index (χ2n) is 1.49. The minimum Gasteiger partial charge on any atom is -0.384 e. The average molecular weight is 236 g/mol. The van der Waals surface area contributed by atoms with E-state index in [4.69, 9.17) is 11.5 Å². The molecule has 0 radical (unpaired) electrons. The summed E-state index contributed by atoms with van der Waals surface area (Å²) in [5.41, 5.74) is 10.6. The number of hydrogen-bond donors (Lipinski definition) is 2. The summed E-state index contributed by atoms with van der Waals surface area (Å²) >= 11 is 1.95. The maximum absolute atomic E-state index is 5.32. The van der Waals surface area contributed by atoms with Crippen LogP contribution in [0.5, 0.6) is 0 Å². The van der Waals surface area contributed by atoms with Gasteiger partial charge in [-0.1, -0.05) is 0 Å². The molecular weight excluding hydrogens is 231 g/mol. The summed E-state index contributed by atoms with van der Waals surface area (Å²) in [4.78, 5) is 7.62. The number of rotatable bonds is 0. The van der Waals surface area contributed by atoms with Crippen LogP contribution in [-0.2, 0) is 0 Å². The summed E-state index contributed by atoms with van der Waals surface area (Å²) in [6.45, 7) is 0. The van der Waals surface area contributed by atoms with Gasteiger partial charge < -0.3 is 11.5 Å². The first-order valence-electron chi connectivity index (χ1n) is 2.24. The summed E-state index contributed by atoms with van der Waals surface area (Å²) in [5.74, 6) is 0.818. The zero-order chi connectivity index (χ0) is 6.85. The van der Waals surface area contributed by atoms with E-state index in [1.54, 1.807) is 0 Å². The van der Waals surface area contributed by atoms with Crippen molar-refractivity contribution < 1.29 is 0 Å². The molecule has 4 N–H and O–H groups in total.